The van der Waals surface area contributed by atoms with Gasteiger partial charge in [-0.25, -0.2) is 9.97 Å². The van der Waals surface area contributed by atoms with Gasteiger partial charge in [0.2, 0.25) is 0 Å². The fourth-order valence-corrected chi connectivity index (χ4v) is 4.07. The Kier molecular flexibility index (Phi) is 4.96. The van der Waals surface area contributed by atoms with Crippen molar-refractivity contribution in [3.63, 3.8) is 0 Å². The topological polar surface area (TPSA) is 81.7 Å². The van der Waals surface area contributed by atoms with E-state index in [4.69, 9.17) is 0 Å². The highest BCUT2D eigenvalue weighted by Crippen LogP contribution is 2.23. The molecule has 3 aromatic heterocycles. The lowest BCUT2D eigenvalue weighted by molar-refractivity contribution is 0.0694. The normalized spacial score (nSPS) is 15.0. The maximum atomic E-state index is 13.0. The largest absolute Gasteiger partial charge is 0.338 e. The number of hydrogen-bond donors (Lipinski definition) is 0. The summed E-state index contributed by atoms with van der Waals surface area (Å²) in [6.45, 7) is 2.23. The minimum atomic E-state index is 0.0189. The van der Waals surface area contributed by atoms with Crippen LogP contribution in [-0.4, -0.2) is 53.2 Å². The fraction of sp³-hybridized carbons (Fsp3) is 0.318. The van der Waals surface area contributed by atoms with E-state index in [-0.39, 0.29) is 5.91 Å². The predicted octanol–water partition coefficient (Wildman–Crippen LogP) is 2.74. The first-order chi connectivity index (χ1) is 14.8. The molecule has 8 nitrogen and oxygen atoms in total. The Labute approximate surface area is 174 Å². The monoisotopic (exact) mass is 401 g/mol. The van der Waals surface area contributed by atoms with Crippen LogP contribution >= 0.6 is 0 Å². The van der Waals surface area contributed by atoms with Crippen molar-refractivity contribution in [1.82, 2.24) is 34.2 Å². The quantitative estimate of drug-likeness (QED) is 0.514. The van der Waals surface area contributed by atoms with Crippen LogP contribution in [0.25, 0.3) is 11.2 Å². The van der Waals surface area contributed by atoms with Gasteiger partial charge >= 0.3 is 0 Å². The van der Waals surface area contributed by atoms with E-state index in [0.29, 0.717) is 24.7 Å². The number of benzene rings is 1. The predicted molar refractivity (Wildman–Crippen MR) is 112 cm³/mol. The molecule has 0 spiro atoms. The summed E-state index contributed by atoms with van der Waals surface area (Å²) in [5.74, 6) is 0.0189. The van der Waals surface area contributed by atoms with Gasteiger partial charge in [-0.1, -0.05) is 30.3 Å². The molecule has 0 saturated carbocycles. The Morgan fingerprint density at radius 1 is 1.00 bits per heavy atom. The van der Waals surface area contributed by atoms with Crippen LogP contribution in [0.5, 0.6) is 0 Å². The third kappa shape index (κ3) is 3.68. The molecule has 8 heteroatoms. The number of likely N-dealkylation sites (tertiary alicyclic amines) is 1. The zero-order valence-electron chi connectivity index (χ0n) is 16.6. The highest BCUT2D eigenvalue weighted by molar-refractivity contribution is 5.96. The summed E-state index contributed by atoms with van der Waals surface area (Å²) in [5, 5.41) is 7.75. The number of imidazole rings is 1. The molecule has 0 N–H and O–H groups in total. The summed E-state index contributed by atoms with van der Waals surface area (Å²) in [6, 6.07) is 12.6. The van der Waals surface area contributed by atoms with Crippen LogP contribution in [0, 0.1) is 0 Å². The number of hydrogen-bond acceptors (Lipinski definition) is 5. The number of carbonyl (C=O) groups excluding carboxylic acids is 1. The lowest BCUT2D eigenvalue weighted by atomic mass is 10.0. The molecule has 0 aliphatic carbocycles. The second-order valence-electron chi connectivity index (χ2n) is 7.67. The van der Waals surface area contributed by atoms with Crippen LogP contribution in [0.3, 0.4) is 0 Å². The minimum absolute atomic E-state index is 0.0189. The van der Waals surface area contributed by atoms with E-state index >= 15 is 0 Å². The van der Waals surface area contributed by atoms with E-state index in [1.54, 1.807) is 25.2 Å². The van der Waals surface area contributed by atoms with Gasteiger partial charge in [0.15, 0.2) is 5.65 Å². The molecule has 152 valence electrons. The van der Waals surface area contributed by atoms with Gasteiger partial charge in [0.25, 0.3) is 5.91 Å². The average Bonchev–Trinajstić information content (AvgIpc) is 3.48. The number of rotatable bonds is 5. The first-order valence-corrected chi connectivity index (χ1v) is 10.3. The van der Waals surface area contributed by atoms with Crippen LogP contribution in [0.15, 0.2) is 61.6 Å². The first-order valence-electron chi connectivity index (χ1n) is 10.3. The number of aryl methyl sites for hydroxylation is 2. The van der Waals surface area contributed by atoms with E-state index in [2.05, 4.69) is 32.3 Å². The lowest BCUT2D eigenvalue weighted by Gasteiger charge is -2.32. The first kappa shape index (κ1) is 18.5. The molecular weight excluding hydrogens is 378 g/mol. The number of nitrogens with zero attached hydrogens (tertiary/aromatic N) is 7. The highest BCUT2D eigenvalue weighted by Gasteiger charge is 2.25. The summed E-state index contributed by atoms with van der Waals surface area (Å²) in [5.41, 5.74) is 3.45. The molecule has 1 saturated heterocycles. The molecule has 1 fully saturated rings. The SMILES string of the molecule is O=C(c1cnc2c(c1)ncn2CCc1ccccc1)N1CCC(n2cnnc2)CC1. The van der Waals surface area contributed by atoms with Crippen molar-refractivity contribution in [3.05, 3.63) is 72.7 Å². The third-order valence-electron chi connectivity index (χ3n) is 5.80. The van der Waals surface area contributed by atoms with Crippen LogP contribution in [0.4, 0.5) is 0 Å². The van der Waals surface area contributed by atoms with E-state index in [0.717, 1.165) is 37.0 Å². The van der Waals surface area contributed by atoms with E-state index in [9.17, 15) is 4.79 Å². The molecule has 5 rings (SSSR count). The van der Waals surface area contributed by atoms with Gasteiger partial charge in [-0.05, 0) is 30.9 Å². The molecule has 0 radical (unpaired) electrons. The number of aromatic nitrogens is 6. The second-order valence-corrected chi connectivity index (χ2v) is 7.67. The summed E-state index contributed by atoms with van der Waals surface area (Å²) >= 11 is 0. The van der Waals surface area contributed by atoms with Crippen molar-refractivity contribution >= 4 is 17.1 Å². The number of pyridine rings is 1. The molecule has 0 bridgehead atoms. The lowest BCUT2D eigenvalue weighted by Crippen LogP contribution is -2.39. The van der Waals surface area contributed by atoms with Crippen LogP contribution in [0.2, 0.25) is 0 Å². The van der Waals surface area contributed by atoms with Crippen molar-refractivity contribution in [3.8, 4) is 0 Å². The van der Waals surface area contributed by atoms with Crippen molar-refractivity contribution in [1.29, 1.82) is 0 Å². The Hall–Kier alpha value is -3.55. The molecule has 1 aliphatic heterocycles. The second kappa shape index (κ2) is 8.06. The Balaban J connectivity index is 1.25. The van der Waals surface area contributed by atoms with E-state index in [1.165, 1.54) is 5.56 Å². The van der Waals surface area contributed by atoms with Gasteiger partial charge in [-0.3, -0.25) is 4.79 Å². The Morgan fingerprint density at radius 2 is 1.77 bits per heavy atom. The summed E-state index contributed by atoms with van der Waals surface area (Å²) in [6.07, 6.45) is 9.68. The maximum absolute atomic E-state index is 13.0. The summed E-state index contributed by atoms with van der Waals surface area (Å²) < 4.78 is 4.07. The highest BCUT2D eigenvalue weighted by atomic mass is 16.2. The zero-order valence-corrected chi connectivity index (χ0v) is 16.6. The molecule has 4 heterocycles. The summed E-state index contributed by atoms with van der Waals surface area (Å²) in [7, 11) is 0. The zero-order chi connectivity index (χ0) is 20.3. The maximum Gasteiger partial charge on any atom is 0.255 e. The summed E-state index contributed by atoms with van der Waals surface area (Å²) in [4.78, 5) is 23.9. The molecule has 1 aromatic carbocycles. The molecule has 30 heavy (non-hydrogen) atoms. The Bertz CT molecular complexity index is 1130. The number of carbonyl (C=O) groups is 1. The average molecular weight is 401 g/mol. The van der Waals surface area contributed by atoms with Gasteiger partial charge < -0.3 is 14.0 Å². The smallest absolute Gasteiger partial charge is 0.255 e. The van der Waals surface area contributed by atoms with Crippen LogP contribution in [0.1, 0.15) is 34.8 Å². The van der Waals surface area contributed by atoms with E-state index in [1.807, 2.05) is 38.3 Å². The van der Waals surface area contributed by atoms with Gasteiger partial charge in [0.1, 0.15) is 18.2 Å². The van der Waals surface area contributed by atoms with Crippen molar-refractivity contribution < 1.29 is 4.79 Å². The number of amides is 1. The van der Waals surface area contributed by atoms with Crippen molar-refractivity contribution in [2.45, 2.75) is 31.8 Å². The van der Waals surface area contributed by atoms with Gasteiger partial charge in [0.05, 0.1) is 11.9 Å². The van der Waals surface area contributed by atoms with E-state index < -0.39 is 0 Å². The molecule has 0 unspecified atom stereocenters. The van der Waals surface area contributed by atoms with Gasteiger partial charge in [-0.2, -0.15) is 0 Å². The van der Waals surface area contributed by atoms with Crippen LogP contribution in [-0.2, 0) is 13.0 Å². The molecule has 4 aromatic rings. The molecule has 1 aliphatic rings. The van der Waals surface area contributed by atoms with Crippen LogP contribution < -0.4 is 0 Å². The Morgan fingerprint density at radius 3 is 2.53 bits per heavy atom. The van der Waals surface area contributed by atoms with Gasteiger partial charge in [-0.15, -0.1) is 10.2 Å². The van der Waals surface area contributed by atoms with Crippen molar-refractivity contribution in [2.24, 2.45) is 0 Å². The number of fused-ring (bicyclic) bond motifs is 1. The molecule has 1 amide bonds. The minimum Gasteiger partial charge on any atom is -0.338 e. The van der Waals surface area contributed by atoms with Crippen molar-refractivity contribution in [2.75, 3.05) is 13.1 Å². The third-order valence-corrected chi connectivity index (χ3v) is 5.80. The number of piperidine rings is 1. The standard InChI is InChI=1S/C22H23N7O/c30-22(27-10-7-19(8-11-27)29-15-25-26-16-29)18-12-20-21(23-13-18)28(14-24-20)9-6-17-4-2-1-3-5-17/h1-5,12-16,19H,6-11H2. The fourth-order valence-electron chi connectivity index (χ4n) is 4.07. The molecule has 0 atom stereocenters. The molecular formula is C22H23N7O. The van der Waals surface area contributed by atoms with Gasteiger partial charge in [0, 0.05) is 31.9 Å².